The molecule has 5 aromatic rings. The minimum absolute atomic E-state index is 0.333. The lowest BCUT2D eigenvalue weighted by Gasteiger charge is -2.13. The molecule has 5 heteroatoms. The second-order valence-corrected chi connectivity index (χ2v) is 12.3. The van der Waals surface area contributed by atoms with E-state index in [2.05, 4.69) is 131 Å². The zero-order chi connectivity index (χ0) is 32.6. The van der Waals surface area contributed by atoms with E-state index in [1.54, 1.807) is 24.3 Å². The van der Waals surface area contributed by atoms with Crippen LogP contribution in [0.25, 0.3) is 27.8 Å². The van der Waals surface area contributed by atoms with E-state index in [0.717, 1.165) is 16.7 Å². The van der Waals surface area contributed by atoms with Crippen molar-refractivity contribution in [3.63, 3.8) is 0 Å². The molecule has 5 aromatic carbocycles. The van der Waals surface area contributed by atoms with Crippen LogP contribution in [0.4, 0.5) is 0 Å². The maximum Gasteiger partial charge on any atom is 0.360 e. The molecule has 0 saturated carbocycles. The number of carbonyl (C=O) groups is 1. The van der Waals surface area contributed by atoms with Gasteiger partial charge < -0.3 is 14.6 Å². The van der Waals surface area contributed by atoms with Gasteiger partial charge in [0.2, 0.25) is 0 Å². The van der Waals surface area contributed by atoms with E-state index < -0.39 is 11.5 Å². The van der Waals surface area contributed by atoms with Crippen molar-refractivity contribution in [2.24, 2.45) is 0 Å². The van der Waals surface area contributed by atoms with E-state index in [-0.39, 0.29) is 0 Å². The van der Waals surface area contributed by atoms with Crippen LogP contribution < -0.4 is 9.47 Å². The molecule has 0 aliphatic heterocycles. The first kappa shape index (κ1) is 32.6. The predicted octanol–water partition coefficient (Wildman–Crippen LogP) is 10.8. The summed E-state index contributed by atoms with van der Waals surface area (Å²) in [6, 6.07) is 41.6. The van der Waals surface area contributed by atoms with Crippen LogP contribution in [0, 0.1) is 0 Å². The average molecular weight is 631 g/mol. The van der Waals surface area contributed by atoms with Gasteiger partial charge in [-0.2, -0.15) is 0 Å². The van der Waals surface area contributed by atoms with Gasteiger partial charge in [0.05, 0.1) is 0 Å². The topological polar surface area (TPSA) is 55.8 Å². The zero-order valence-electron chi connectivity index (χ0n) is 26.6. The SMILES string of the molecule is CC(C)c1ccc(-c2ccc(C(=CCOc3ccc(OC(Cl)C(=O)O)cc3)c3ccc(-c4ccc(C(C)C)cc4)cc3)cc2)cc1. The molecular weight excluding hydrogens is 592 g/mol. The molecule has 0 aliphatic carbocycles. The van der Waals surface area contributed by atoms with Gasteiger partial charge in [0.1, 0.15) is 18.1 Å². The van der Waals surface area contributed by atoms with Crippen molar-refractivity contribution in [2.75, 3.05) is 6.61 Å². The van der Waals surface area contributed by atoms with E-state index in [0.29, 0.717) is 29.9 Å². The van der Waals surface area contributed by atoms with Crippen molar-refractivity contribution in [2.45, 2.75) is 45.1 Å². The molecule has 0 spiro atoms. The Bertz CT molecular complexity index is 1660. The summed E-state index contributed by atoms with van der Waals surface area (Å²) < 4.78 is 11.3. The van der Waals surface area contributed by atoms with Crippen LogP contribution in [0.5, 0.6) is 11.5 Å². The fourth-order valence-corrected chi connectivity index (χ4v) is 5.32. The first-order valence-corrected chi connectivity index (χ1v) is 16.0. The van der Waals surface area contributed by atoms with Crippen LogP contribution >= 0.6 is 11.6 Å². The lowest BCUT2D eigenvalue weighted by atomic mass is 9.93. The number of alkyl halides is 1. The van der Waals surface area contributed by atoms with Gasteiger partial charge in [0.25, 0.3) is 5.56 Å². The van der Waals surface area contributed by atoms with Crippen LogP contribution in [0.3, 0.4) is 0 Å². The maximum absolute atomic E-state index is 11.0. The molecule has 1 unspecified atom stereocenters. The molecule has 0 heterocycles. The molecule has 0 fully saturated rings. The van der Waals surface area contributed by atoms with Crippen LogP contribution in [-0.4, -0.2) is 23.2 Å². The number of ether oxygens (including phenoxy) is 2. The van der Waals surface area contributed by atoms with Gasteiger partial charge >= 0.3 is 5.97 Å². The summed E-state index contributed by atoms with van der Waals surface area (Å²) in [5.41, 5.74) is 9.16. The van der Waals surface area contributed by atoms with Crippen molar-refractivity contribution in [1.29, 1.82) is 0 Å². The molecule has 1 atom stereocenters. The minimum atomic E-state index is -1.45. The van der Waals surface area contributed by atoms with Crippen LogP contribution in [0.2, 0.25) is 0 Å². The van der Waals surface area contributed by atoms with Gasteiger partial charge in [0.15, 0.2) is 0 Å². The predicted molar refractivity (Wildman–Crippen MR) is 189 cm³/mol. The average Bonchev–Trinajstić information content (AvgIpc) is 3.08. The largest absolute Gasteiger partial charge is 0.490 e. The maximum atomic E-state index is 11.0. The normalized spacial score (nSPS) is 11.7. The second kappa shape index (κ2) is 15.0. The molecule has 46 heavy (non-hydrogen) atoms. The summed E-state index contributed by atoms with van der Waals surface area (Å²) in [6.07, 6.45) is 2.09. The molecule has 0 amide bonds. The van der Waals surface area contributed by atoms with Crippen LogP contribution in [0.1, 0.15) is 61.8 Å². The third-order valence-corrected chi connectivity index (χ3v) is 8.28. The summed E-state index contributed by atoms with van der Waals surface area (Å²) >= 11 is 5.69. The Labute approximate surface area is 276 Å². The highest BCUT2D eigenvalue weighted by Gasteiger charge is 2.15. The van der Waals surface area contributed by atoms with Crippen molar-refractivity contribution >= 4 is 23.1 Å². The number of carboxylic acid groups (broad SMARTS) is 1. The van der Waals surface area contributed by atoms with Gasteiger partial charge in [0, 0.05) is 0 Å². The highest BCUT2D eigenvalue weighted by molar-refractivity contribution is 6.28. The van der Waals surface area contributed by atoms with Crippen LogP contribution in [0.15, 0.2) is 127 Å². The van der Waals surface area contributed by atoms with Gasteiger partial charge in [-0.15, -0.1) is 0 Å². The zero-order valence-corrected chi connectivity index (χ0v) is 27.4. The number of aliphatic carboxylic acids is 1. The minimum Gasteiger partial charge on any atom is -0.490 e. The summed E-state index contributed by atoms with van der Waals surface area (Å²) in [4.78, 5) is 11.0. The summed E-state index contributed by atoms with van der Waals surface area (Å²) in [6.45, 7) is 9.16. The van der Waals surface area contributed by atoms with Gasteiger partial charge in [-0.25, -0.2) is 4.79 Å². The molecule has 0 aromatic heterocycles. The lowest BCUT2D eigenvalue weighted by Crippen LogP contribution is -2.20. The van der Waals surface area contributed by atoms with Crippen molar-refractivity contribution < 1.29 is 19.4 Å². The highest BCUT2D eigenvalue weighted by Crippen LogP contribution is 2.30. The standard InChI is InChI=1S/C41H39ClO4/c1-27(2)29-5-9-31(10-6-29)33-13-17-35(18-14-33)39(25-26-45-37-21-23-38(24-22-37)46-40(42)41(43)44)36-19-15-34(16-20-36)32-11-7-30(8-12-32)28(3)4/h5-25,27-28,40H,26H2,1-4H3,(H,43,44). The Kier molecular flexibility index (Phi) is 10.6. The van der Waals surface area contributed by atoms with E-state index in [1.165, 1.54) is 33.4 Å². The van der Waals surface area contributed by atoms with E-state index in [9.17, 15) is 4.79 Å². The van der Waals surface area contributed by atoms with E-state index >= 15 is 0 Å². The fourth-order valence-electron chi connectivity index (χ4n) is 5.21. The van der Waals surface area contributed by atoms with Crippen molar-refractivity contribution in [1.82, 2.24) is 0 Å². The van der Waals surface area contributed by atoms with Gasteiger partial charge in [-0.3, -0.25) is 0 Å². The summed E-state index contributed by atoms with van der Waals surface area (Å²) in [5.74, 6) is 0.735. The molecule has 4 nitrogen and oxygen atoms in total. The Morgan fingerprint density at radius 1 is 0.609 bits per heavy atom. The third-order valence-electron chi connectivity index (χ3n) is 8.01. The highest BCUT2D eigenvalue weighted by atomic mass is 35.5. The van der Waals surface area contributed by atoms with E-state index in [1.807, 2.05) is 0 Å². The smallest absolute Gasteiger partial charge is 0.360 e. The number of rotatable bonds is 12. The Balaban J connectivity index is 1.38. The molecule has 1 N–H and O–H groups in total. The van der Waals surface area contributed by atoms with E-state index in [4.69, 9.17) is 26.2 Å². The first-order valence-electron chi connectivity index (χ1n) is 15.6. The number of halogens is 1. The first-order chi connectivity index (χ1) is 22.2. The fraction of sp³-hybridized carbons (Fsp3) is 0.195. The molecule has 0 aliphatic rings. The third kappa shape index (κ3) is 8.26. The van der Waals surface area contributed by atoms with Gasteiger partial charge in [-0.1, -0.05) is 136 Å². The van der Waals surface area contributed by atoms with Gasteiger partial charge in [-0.05, 0) is 92.3 Å². The second-order valence-electron chi connectivity index (χ2n) is 11.9. The lowest BCUT2D eigenvalue weighted by molar-refractivity contribution is -0.141. The summed E-state index contributed by atoms with van der Waals surface area (Å²) in [7, 11) is 0. The number of hydrogen-bond acceptors (Lipinski definition) is 3. The molecule has 234 valence electrons. The molecular formula is C41H39ClO4. The Morgan fingerprint density at radius 2 is 0.978 bits per heavy atom. The molecule has 0 radical (unpaired) electrons. The van der Waals surface area contributed by atoms with Crippen LogP contribution in [-0.2, 0) is 4.79 Å². The molecule has 0 saturated heterocycles. The summed E-state index contributed by atoms with van der Waals surface area (Å²) in [5, 5.41) is 8.97. The monoisotopic (exact) mass is 630 g/mol. The number of carboxylic acids is 1. The van der Waals surface area contributed by atoms with Crippen molar-refractivity contribution in [3.05, 3.63) is 150 Å². The molecule has 0 bridgehead atoms. The Hall–Kier alpha value is -4.80. The molecule has 5 rings (SSSR count). The Morgan fingerprint density at radius 3 is 1.35 bits per heavy atom. The number of benzene rings is 5. The van der Waals surface area contributed by atoms with Crippen molar-refractivity contribution in [3.8, 4) is 33.8 Å². The quantitative estimate of drug-likeness (QED) is 0.139. The number of hydrogen-bond donors (Lipinski definition) is 1.